The SMILES string of the molecule is COC(=O)Cc1cc(Nc2cc(C)ccc2C)c2ccccc2n1. The Morgan fingerprint density at radius 2 is 1.88 bits per heavy atom. The number of carbonyl (C=O) groups is 1. The smallest absolute Gasteiger partial charge is 0.311 e. The van der Waals surface area contributed by atoms with Gasteiger partial charge in [0, 0.05) is 16.8 Å². The van der Waals surface area contributed by atoms with Crippen molar-refractivity contribution in [3.05, 3.63) is 65.4 Å². The second-order valence-electron chi connectivity index (χ2n) is 5.87. The van der Waals surface area contributed by atoms with E-state index in [1.165, 1.54) is 12.7 Å². The Morgan fingerprint density at radius 3 is 2.67 bits per heavy atom. The maximum Gasteiger partial charge on any atom is 0.311 e. The van der Waals surface area contributed by atoms with Crippen molar-refractivity contribution >= 4 is 28.2 Å². The molecule has 0 fully saturated rings. The molecule has 3 aromatic rings. The van der Waals surface area contributed by atoms with Gasteiger partial charge in [0.2, 0.25) is 0 Å². The van der Waals surface area contributed by atoms with E-state index in [1.807, 2.05) is 30.3 Å². The Kier molecular flexibility index (Phi) is 4.47. The van der Waals surface area contributed by atoms with E-state index in [4.69, 9.17) is 4.74 Å². The van der Waals surface area contributed by atoms with E-state index in [0.29, 0.717) is 5.69 Å². The third-order valence-corrected chi connectivity index (χ3v) is 3.98. The van der Waals surface area contributed by atoms with E-state index in [9.17, 15) is 4.79 Å². The highest BCUT2D eigenvalue weighted by Crippen LogP contribution is 2.28. The van der Waals surface area contributed by atoms with Gasteiger partial charge in [-0.2, -0.15) is 0 Å². The van der Waals surface area contributed by atoms with Crippen LogP contribution < -0.4 is 5.32 Å². The third kappa shape index (κ3) is 3.38. The maximum atomic E-state index is 11.6. The first-order valence-electron chi connectivity index (χ1n) is 7.86. The lowest BCUT2D eigenvalue weighted by atomic mass is 10.1. The third-order valence-electron chi connectivity index (χ3n) is 3.98. The summed E-state index contributed by atoms with van der Waals surface area (Å²) >= 11 is 0. The van der Waals surface area contributed by atoms with Gasteiger partial charge in [-0.1, -0.05) is 30.3 Å². The molecule has 0 amide bonds. The first-order chi connectivity index (χ1) is 11.6. The number of pyridine rings is 1. The molecule has 4 nitrogen and oxygen atoms in total. The number of methoxy groups -OCH3 is 1. The summed E-state index contributed by atoms with van der Waals surface area (Å²) in [4.78, 5) is 16.2. The normalized spacial score (nSPS) is 10.6. The van der Waals surface area contributed by atoms with Crippen molar-refractivity contribution in [3.63, 3.8) is 0 Å². The number of aromatic nitrogens is 1. The zero-order valence-electron chi connectivity index (χ0n) is 14.1. The van der Waals surface area contributed by atoms with E-state index in [2.05, 4.69) is 42.3 Å². The van der Waals surface area contributed by atoms with Gasteiger partial charge in [-0.15, -0.1) is 0 Å². The summed E-state index contributed by atoms with van der Waals surface area (Å²) in [5.74, 6) is -0.296. The van der Waals surface area contributed by atoms with Crippen LogP contribution in [0.4, 0.5) is 11.4 Å². The summed E-state index contributed by atoms with van der Waals surface area (Å²) < 4.78 is 4.76. The summed E-state index contributed by atoms with van der Waals surface area (Å²) in [6.45, 7) is 4.14. The molecular weight excluding hydrogens is 300 g/mol. The molecule has 4 heteroatoms. The zero-order valence-corrected chi connectivity index (χ0v) is 14.1. The lowest BCUT2D eigenvalue weighted by Crippen LogP contribution is -2.07. The van der Waals surface area contributed by atoms with Crippen LogP contribution in [0.15, 0.2) is 48.5 Å². The molecule has 1 aromatic heterocycles. The number of nitrogens with zero attached hydrogens (tertiary/aromatic N) is 1. The van der Waals surface area contributed by atoms with Gasteiger partial charge in [0.05, 0.1) is 24.7 Å². The van der Waals surface area contributed by atoms with Crippen molar-refractivity contribution < 1.29 is 9.53 Å². The van der Waals surface area contributed by atoms with Crippen LogP contribution in [0, 0.1) is 13.8 Å². The van der Waals surface area contributed by atoms with E-state index in [0.717, 1.165) is 27.8 Å². The number of nitrogens with one attached hydrogen (secondary N) is 1. The molecule has 0 saturated carbocycles. The van der Waals surface area contributed by atoms with E-state index >= 15 is 0 Å². The van der Waals surface area contributed by atoms with Gasteiger partial charge in [-0.25, -0.2) is 0 Å². The molecule has 2 aromatic carbocycles. The van der Waals surface area contributed by atoms with Crippen molar-refractivity contribution in [1.82, 2.24) is 4.98 Å². The molecule has 0 aliphatic rings. The highest BCUT2D eigenvalue weighted by atomic mass is 16.5. The first-order valence-corrected chi connectivity index (χ1v) is 7.86. The molecule has 3 rings (SSSR count). The number of hydrogen-bond acceptors (Lipinski definition) is 4. The Balaban J connectivity index is 2.07. The molecule has 24 heavy (non-hydrogen) atoms. The van der Waals surface area contributed by atoms with Crippen LogP contribution in [0.1, 0.15) is 16.8 Å². The lowest BCUT2D eigenvalue weighted by Gasteiger charge is -2.14. The van der Waals surface area contributed by atoms with Crippen LogP contribution in [0.2, 0.25) is 0 Å². The number of para-hydroxylation sites is 1. The van der Waals surface area contributed by atoms with Crippen LogP contribution in [0.25, 0.3) is 10.9 Å². The molecule has 0 unspecified atom stereocenters. The summed E-state index contributed by atoms with van der Waals surface area (Å²) in [6, 6.07) is 16.1. The molecule has 1 heterocycles. The van der Waals surface area contributed by atoms with Crippen molar-refractivity contribution in [3.8, 4) is 0 Å². The summed E-state index contributed by atoms with van der Waals surface area (Å²) in [7, 11) is 1.39. The van der Waals surface area contributed by atoms with Crippen LogP contribution in [0.5, 0.6) is 0 Å². The Bertz CT molecular complexity index is 903. The molecule has 0 saturated heterocycles. The summed E-state index contributed by atoms with van der Waals surface area (Å²) in [6.07, 6.45) is 0.156. The highest BCUT2D eigenvalue weighted by molar-refractivity contribution is 5.94. The number of aryl methyl sites for hydroxylation is 2. The minimum Gasteiger partial charge on any atom is -0.469 e. The molecule has 0 aliphatic carbocycles. The lowest BCUT2D eigenvalue weighted by molar-refractivity contribution is -0.139. The molecule has 0 bridgehead atoms. The zero-order chi connectivity index (χ0) is 17.1. The van der Waals surface area contributed by atoms with E-state index in [-0.39, 0.29) is 12.4 Å². The van der Waals surface area contributed by atoms with Gasteiger partial charge in [0.15, 0.2) is 0 Å². The monoisotopic (exact) mass is 320 g/mol. The fourth-order valence-corrected chi connectivity index (χ4v) is 2.66. The average Bonchev–Trinajstić information content (AvgIpc) is 2.58. The molecular formula is C20H20N2O2. The maximum absolute atomic E-state index is 11.6. The van der Waals surface area contributed by atoms with Gasteiger partial charge in [-0.3, -0.25) is 9.78 Å². The Morgan fingerprint density at radius 1 is 1.08 bits per heavy atom. The predicted molar refractivity (Wildman–Crippen MR) is 96.7 cm³/mol. The fraction of sp³-hybridized carbons (Fsp3) is 0.200. The molecule has 1 N–H and O–H groups in total. The number of esters is 1. The number of carbonyl (C=O) groups excluding carboxylic acids is 1. The first kappa shape index (κ1) is 16.0. The van der Waals surface area contributed by atoms with Crippen molar-refractivity contribution in [2.24, 2.45) is 0 Å². The van der Waals surface area contributed by atoms with Crippen molar-refractivity contribution in [2.45, 2.75) is 20.3 Å². The van der Waals surface area contributed by atoms with Crippen LogP contribution >= 0.6 is 0 Å². The minimum atomic E-state index is -0.296. The van der Waals surface area contributed by atoms with Gasteiger partial charge < -0.3 is 10.1 Å². The van der Waals surface area contributed by atoms with Crippen LogP contribution in [-0.2, 0) is 16.0 Å². The minimum absolute atomic E-state index is 0.156. The number of benzene rings is 2. The average molecular weight is 320 g/mol. The van der Waals surface area contributed by atoms with Crippen LogP contribution in [0.3, 0.4) is 0 Å². The molecule has 122 valence electrons. The van der Waals surface area contributed by atoms with Crippen LogP contribution in [-0.4, -0.2) is 18.1 Å². The standard InChI is InChI=1S/C20H20N2O2/c1-13-8-9-14(2)18(10-13)22-19-11-15(12-20(23)24-3)21-17-7-5-4-6-16(17)19/h4-11H,12H2,1-3H3,(H,21,22). The molecule has 0 radical (unpaired) electrons. The second-order valence-corrected chi connectivity index (χ2v) is 5.87. The quantitative estimate of drug-likeness (QED) is 0.728. The van der Waals surface area contributed by atoms with Crippen molar-refractivity contribution in [1.29, 1.82) is 0 Å². The largest absolute Gasteiger partial charge is 0.469 e. The van der Waals surface area contributed by atoms with Gasteiger partial charge in [0.25, 0.3) is 0 Å². The highest BCUT2D eigenvalue weighted by Gasteiger charge is 2.10. The Labute approximate surface area is 141 Å². The topological polar surface area (TPSA) is 51.2 Å². The summed E-state index contributed by atoms with van der Waals surface area (Å²) in [5, 5.41) is 4.52. The number of anilines is 2. The Hall–Kier alpha value is -2.88. The number of hydrogen-bond donors (Lipinski definition) is 1. The van der Waals surface area contributed by atoms with E-state index < -0.39 is 0 Å². The van der Waals surface area contributed by atoms with Gasteiger partial charge in [0.1, 0.15) is 0 Å². The fourth-order valence-electron chi connectivity index (χ4n) is 2.66. The van der Waals surface area contributed by atoms with Gasteiger partial charge in [-0.05, 0) is 43.2 Å². The number of rotatable bonds is 4. The van der Waals surface area contributed by atoms with E-state index in [1.54, 1.807) is 0 Å². The molecule has 0 atom stereocenters. The molecule has 0 spiro atoms. The number of ether oxygens (including phenoxy) is 1. The second kappa shape index (κ2) is 6.71. The van der Waals surface area contributed by atoms with Gasteiger partial charge >= 0.3 is 5.97 Å². The number of fused-ring (bicyclic) bond motifs is 1. The predicted octanol–water partition coefficient (Wildman–Crippen LogP) is 4.31. The summed E-state index contributed by atoms with van der Waals surface area (Å²) in [5.41, 5.74) is 5.89. The molecule has 0 aliphatic heterocycles. The van der Waals surface area contributed by atoms with Crippen molar-refractivity contribution in [2.75, 3.05) is 12.4 Å².